The first-order valence-corrected chi connectivity index (χ1v) is 7.08. The third-order valence-electron chi connectivity index (χ3n) is 1.91. The first-order chi connectivity index (χ1) is 8.92. The van der Waals surface area contributed by atoms with Gasteiger partial charge in [-0.2, -0.15) is 0 Å². The molecule has 0 unspecified atom stereocenters. The first-order valence-electron chi connectivity index (χ1n) is 6.14. The van der Waals surface area contributed by atoms with Crippen LogP contribution in [0.15, 0.2) is 22.6 Å². The molecule has 0 amide bonds. The van der Waals surface area contributed by atoms with Gasteiger partial charge in [-0.3, -0.25) is 0 Å². The molecule has 0 atom stereocenters. The Morgan fingerprint density at radius 1 is 1.32 bits per heavy atom. The Morgan fingerprint density at radius 3 is 2.37 bits per heavy atom. The van der Waals surface area contributed by atoms with E-state index in [9.17, 15) is 8.78 Å². The number of thiol groups is 1. The van der Waals surface area contributed by atoms with Crippen LogP contribution in [0.3, 0.4) is 0 Å². The lowest BCUT2D eigenvalue weighted by molar-refractivity contribution is 0.597. The zero-order chi connectivity index (χ0) is 14.8. The van der Waals surface area contributed by atoms with E-state index in [1.165, 1.54) is 0 Å². The Labute approximate surface area is 124 Å². The molecule has 19 heavy (non-hydrogen) atoms. The average molecular weight is 308 g/mol. The van der Waals surface area contributed by atoms with E-state index < -0.39 is 11.6 Å². The van der Waals surface area contributed by atoms with Crippen LogP contribution in [0.5, 0.6) is 0 Å². The van der Waals surface area contributed by atoms with Crippen molar-refractivity contribution in [3.8, 4) is 0 Å². The molecule has 1 aromatic rings. The smallest absolute Gasteiger partial charge is 0.132 e. The summed E-state index contributed by atoms with van der Waals surface area (Å²) in [6.07, 6.45) is 1.13. The minimum Gasteiger partial charge on any atom is -0.224 e. The number of rotatable bonds is 4. The Bertz CT molecular complexity index is 406. The van der Waals surface area contributed by atoms with Crippen molar-refractivity contribution < 1.29 is 8.78 Å². The lowest BCUT2D eigenvalue weighted by Gasteiger charge is -2.05. The molecule has 0 N–H and O–H groups in total. The molecule has 0 fully saturated rings. The second kappa shape index (κ2) is 10.2. The van der Waals surface area contributed by atoms with Crippen molar-refractivity contribution in [1.82, 2.24) is 0 Å². The van der Waals surface area contributed by atoms with Gasteiger partial charge in [0.1, 0.15) is 11.6 Å². The highest BCUT2D eigenvalue weighted by Crippen LogP contribution is 2.14. The molecule has 0 aromatic heterocycles. The molecule has 0 saturated heterocycles. The summed E-state index contributed by atoms with van der Waals surface area (Å²) in [6.45, 7) is 6.50. The van der Waals surface area contributed by atoms with Crippen LogP contribution in [-0.2, 0) is 0 Å². The molecule has 0 heterocycles. The normalized spacial score (nSPS) is 11.3. The predicted octanol–water partition coefficient (Wildman–Crippen LogP) is 5.28. The molecule has 0 aliphatic heterocycles. The summed E-state index contributed by atoms with van der Waals surface area (Å²) in [5.74, 6) is 0.287. The topological polar surface area (TPSA) is 12.4 Å². The van der Waals surface area contributed by atoms with E-state index >= 15 is 0 Å². The van der Waals surface area contributed by atoms with Crippen LogP contribution < -0.4 is 0 Å². The number of hydrogen-bond donors (Lipinski definition) is 1. The van der Waals surface area contributed by atoms with Crippen LogP contribution in [0, 0.1) is 17.6 Å². The molecule has 0 aliphatic carbocycles. The van der Waals surface area contributed by atoms with E-state index in [1.807, 2.05) is 0 Å². The van der Waals surface area contributed by atoms with E-state index in [0.717, 1.165) is 24.1 Å². The standard InChI is InChI=1S/C10H10ClF2NS.C4H10/c11-5-1-2-10(14-15)8-6-7(12)3-4-9(8)13;1-4(2)3/h3-4,6,15H,1-2,5H2;4H,1-3H3/b14-10+;. The summed E-state index contributed by atoms with van der Waals surface area (Å²) in [6, 6.07) is 3.25. The molecule has 1 aromatic carbocycles. The quantitative estimate of drug-likeness (QED) is 0.441. The van der Waals surface area contributed by atoms with Crippen LogP contribution in [0.2, 0.25) is 0 Å². The van der Waals surface area contributed by atoms with Gasteiger partial charge in [-0.1, -0.05) is 20.8 Å². The fourth-order valence-corrected chi connectivity index (χ4v) is 1.53. The molecule has 0 saturated carbocycles. The summed E-state index contributed by atoms with van der Waals surface area (Å²) in [5.41, 5.74) is 0.561. The van der Waals surface area contributed by atoms with Gasteiger partial charge in [0.25, 0.3) is 0 Å². The van der Waals surface area contributed by atoms with E-state index in [0.29, 0.717) is 24.4 Å². The molecule has 108 valence electrons. The number of benzene rings is 1. The van der Waals surface area contributed by atoms with Crippen LogP contribution in [-0.4, -0.2) is 11.6 Å². The fraction of sp³-hybridized carbons (Fsp3) is 0.500. The zero-order valence-electron chi connectivity index (χ0n) is 11.5. The van der Waals surface area contributed by atoms with E-state index in [2.05, 4.69) is 38.0 Å². The third kappa shape index (κ3) is 8.22. The molecular formula is C14H20ClF2NS. The highest BCUT2D eigenvalue weighted by Gasteiger charge is 2.10. The van der Waals surface area contributed by atoms with Gasteiger partial charge in [0.05, 0.1) is 5.71 Å². The minimum atomic E-state index is -0.501. The van der Waals surface area contributed by atoms with Gasteiger partial charge in [0.2, 0.25) is 0 Å². The monoisotopic (exact) mass is 307 g/mol. The van der Waals surface area contributed by atoms with E-state index in [4.69, 9.17) is 11.6 Å². The van der Waals surface area contributed by atoms with Crippen molar-refractivity contribution in [2.45, 2.75) is 33.6 Å². The summed E-state index contributed by atoms with van der Waals surface area (Å²) in [5, 5.41) is 0. The van der Waals surface area contributed by atoms with Gasteiger partial charge < -0.3 is 0 Å². The van der Waals surface area contributed by atoms with Crippen molar-refractivity contribution in [1.29, 1.82) is 0 Å². The van der Waals surface area contributed by atoms with Crippen molar-refractivity contribution in [3.63, 3.8) is 0 Å². The van der Waals surface area contributed by atoms with Gasteiger partial charge in [-0.25, -0.2) is 13.2 Å². The van der Waals surface area contributed by atoms with Crippen LogP contribution in [0.1, 0.15) is 39.2 Å². The average Bonchev–Trinajstić information content (AvgIpc) is 2.33. The molecule has 0 aliphatic rings. The highest BCUT2D eigenvalue weighted by atomic mass is 35.5. The molecule has 0 radical (unpaired) electrons. The second-order valence-corrected chi connectivity index (χ2v) is 5.27. The number of nitrogens with zero attached hydrogens (tertiary/aromatic N) is 1. The maximum Gasteiger partial charge on any atom is 0.132 e. The van der Waals surface area contributed by atoms with Gasteiger partial charge in [-0.15, -0.1) is 11.6 Å². The van der Waals surface area contributed by atoms with Crippen LogP contribution >= 0.6 is 24.4 Å². The van der Waals surface area contributed by atoms with Crippen molar-refractivity contribution >= 4 is 30.1 Å². The zero-order valence-corrected chi connectivity index (χ0v) is 13.1. The Hall–Kier alpha value is -0.610. The van der Waals surface area contributed by atoms with E-state index in [-0.39, 0.29) is 5.56 Å². The predicted molar refractivity (Wildman–Crippen MR) is 82.3 cm³/mol. The van der Waals surface area contributed by atoms with Gasteiger partial charge in [0, 0.05) is 11.4 Å². The van der Waals surface area contributed by atoms with Gasteiger partial charge in [-0.05, 0) is 49.8 Å². The summed E-state index contributed by atoms with van der Waals surface area (Å²) in [7, 11) is 0. The fourth-order valence-electron chi connectivity index (χ4n) is 1.19. The van der Waals surface area contributed by atoms with Crippen molar-refractivity contribution in [2.24, 2.45) is 10.3 Å². The van der Waals surface area contributed by atoms with E-state index in [1.54, 1.807) is 0 Å². The SMILES string of the molecule is CC(C)C.Fc1ccc(F)c(/C(CCCCl)=N/S)c1. The van der Waals surface area contributed by atoms with Crippen molar-refractivity contribution in [3.05, 3.63) is 35.4 Å². The summed E-state index contributed by atoms with van der Waals surface area (Å²) >= 11 is 9.25. The number of halogens is 3. The number of hydrogen-bond acceptors (Lipinski definition) is 2. The second-order valence-electron chi connectivity index (χ2n) is 4.70. The lowest BCUT2D eigenvalue weighted by atomic mass is 10.1. The Kier molecular flexibility index (Phi) is 9.88. The summed E-state index contributed by atoms with van der Waals surface area (Å²) in [4.78, 5) is 0. The minimum absolute atomic E-state index is 0.148. The van der Waals surface area contributed by atoms with Gasteiger partial charge in [0.15, 0.2) is 0 Å². The Morgan fingerprint density at radius 2 is 1.89 bits per heavy atom. The largest absolute Gasteiger partial charge is 0.224 e. The molecule has 1 rings (SSSR count). The van der Waals surface area contributed by atoms with Gasteiger partial charge >= 0.3 is 0 Å². The lowest BCUT2D eigenvalue weighted by Crippen LogP contribution is -2.04. The Balaban J connectivity index is 0.000000711. The first kappa shape index (κ1) is 18.4. The molecular weight excluding hydrogens is 288 g/mol. The third-order valence-corrected chi connectivity index (χ3v) is 2.42. The van der Waals surface area contributed by atoms with Crippen LogP contribution in [0.4, 0.5) is 8.78 Å². The summed E-state index contributed by atoms with van der Waals surface area (Å²) < 4.78 is 29.9. The number of alkyl halides is 1. The molecule has 5 heteroatoms. The molecule has 0 bridgehead atoms. The maximum absolute atomic E-state index is 13.3. The maximum atomic E-state index is 13.3. The molecule has 1 nitrogen and oxygen atoms in total. The molecule has 0 spiro atoms. The van der Waals surface area contributed by atoms with Crippen LogP contribution in [0.25, 0.3) is 0 Å². The highest BCUT2D eigenvalue weighted by molar-refractivity contribution is 7.79. The van der Waals surface area contributed by atoms with Crippen molar-refractivity contribution in [2.75, 3.05) is 5.88 Å².